The van der Waals surface area contributed by atoms with Crippen LogP contribution in [0.2, 0.25) is 0 Å². The highest BCUT2D eigenvalue weighted by atomic mass is 16.5. The summed E-state index contributed by atoms with van der Waals surface area (Å²) < 4.78 is 5.93. The molecule has 2 aliphatic carbocycles. The fraction of sp³-hybridized carbons (Fsp3) is 1.00. The summed E-state index contributed by atoms with van der Waals surface area (Å²) in [7, 11) is 0. The van der Waals surface area contributed by atoms with E-state index in [9.17, 15) is 0 Å². The SMILES string of the molecule is NCC(C1CCCCC1)N1CCOC2CCCC21. The van der Waals surface area contributed by atoms with Crippen molar-refractivity contribution in [1.29, 1.82) is 0 Å². The number of morpholine rings is 1. The number of fused-ring (bicyclic) bond motifs is 1. The van der Waals surface area contributed by atoms with E-state index in [0.717, 1.165) is 25.6 Å². The van der Waals surface area contributed by atoms with E-state index in [-0.39, 0.29) is 0 Å². The first-order chi connectivity index (χ1) is 8.90. The Hall–Kier alpha value is -0.120. The molecule has 1 saturated heterocycles. The van der Waals surface area contributed by atoms with Gasteiger partial charge in [-0.15, -0.1) is 0 Å². The summed E-state index contributed by atoms with van der Waals surface area (Å²) in [5, 5.41) is 0. The van der Waals surface area contributed by atoms with Crippen molar-refractivity contribution in [2.24, 2.45) is 11.7 Å². The minimum atomic E-state index is 0.511. The number of ether oxygens (including phenoxy) is 1. The van der Waals surface area contributed by atoms with Crippen molar-refractivity contribution in [3.63, 3.8) is 0 Å². The van der Waals surface area contributed by atoms with E-state index in [1.54, 1.807) is 0 Å². The van der Waals surface area contributed by atoms with Crippen LogP contribution in [0.5, 0.6) is 0 Å². The van der Waals surface area contributed by atoms with Crippen LogP contribution in [0.1, 0.15) is 51.4 Å². The molecule has 3 unspecified atom stereocenters. The third-order valence-electron chi connectivity index (χ3n) is 5.39. The van der Waals surface area contributed by atoms with Crippen molar-refractivity contribution in [3.8, 4) is 0 Å². The van der Waals surface area contributed by atoms with E-state index < -0.39 is 0 Å². The van der Waals surface area contributed by atoms with Gasteiger partial charge in [0.25, 0.3) is 0 Å². The maximum atomic E-state index is 6.13. The summed E-state index contributed by atoms with van der Waals surface area (Å²) in [6.45, 7) is 2.87. The summed E-state index contributed by atoms with van der Waals surface area (Å²) >= 11 is 0. The predicted molar refractivity (Wildman–Crippen MR) is 73.5 cm³/mol. The fourth-order valence-electron chi connectivity index (χ4n) is 4.48. The first kappa shape index (κ1) is 12.9. The minimum absolute atomic E-state index is 0.511. The van der Waals surface area contributed by atoms with E-state index in [4.69, 9.17) is 10.5 Å². The van der Waals surface area contributed by atoms with E-state index in [1.165, 1.54) is 51.4 Å². The molecular weight excluding hydrogens is 224 g/mol. The number of rotatable bonds is 3. The molecule has 3 heteroatoms. The number of hydrogen-bond acceptors (Lipinski definition) is 3. The third kappa shape index (κ3) is 2.45. The van der Waals surface area contributed by atoms with Crippen LogP contribution in [0.25, 0.3) is 0 Å². The second kappa shape index (κ2) is 5.89. The molecule has 0 bridgehead atoms. The maximum absolute atomic E-state index is 6.13. The summed E-state index contributed by atoms with van der Waals surface area (Å²) in [6, 6.07) is 1.30. The lowest BCUT2D eigenvalue weighted by molar-refractivity contribution is -0.0811. The fourth-order valence-corrected chi connectivity index (χ4v) is 4.48. The van der Waals surface area contributed by atoms with Crippen LogP contribution in [0.4, 0.5) is 0 Å². The van der Waals surface area contributed by atoms with E-state index >= 15 is 0 Å². The molecule has 2 N–H and O–H groups in total. The average Bonchev–Trinajstić information content (AvgIpc) is 2.90. The van der Waals surface area contributed by atoms with Gasteiger partial charge in [0.05, 0.1) is 12.7 Å². The third-order valence-corrected chi connectivity index (χ3v) is 5.39. The molecular formula is C15H28N2O. The molecule has 0 spiro atoms. The predicted octanol–water partition coefficient (Wildman–Crippen LogP) is 2.15. The molecule has 0 aromatic carbocycles. The van der Waals surface area contributed by atoms with Gasteiger partial charge in [-0.1, -0.05) is 19.3 Å². The topological polar surface area (TPSA) is 38.5 Å². The Balaban J connectivity index is 1.69. The molecule has 0 amide bonds. The van der Waals surface area contributed by atoms with Crippen LogP contribution in [0.3, 0.4) is 0 Å². The normalized spacial score (nSPS) is 36.5. The van der Waals surface area contributed by atoms with Crippen LogP contribution >= 0.6 is 0 Å². The number of nitrogens with two attached hydrogens (primary N) is 1. The molecule has 18 heavy (non-hydrogen) atoms. The highest BCUT2D eigenvalue weighted by Gasteiger charge is 2.40. The first-order valence-electron chi connectivity index (χ1n) is 7.97. The van der Waals surface area contributed by atoms with Crippen LogP contribution in [0.15, 0.2) is 0 Å². The zero-order valence-corrected chi connectivity index (χ0v) is 11.5. The molecule has 3 nitrogen and oxygen atoms in total. The van der Waals surface area contributed by atoms with Gasteiger partial charge < -0.3 is 10.5 Å². The summed E-state index contributed by atoms with van der Waals surface area (Å²) in [5.41, 5.74) is 6.13. The molecule has 1 aliphatic heterocycles. The van der Waals surface area contributed by atoms with Crippen molar-refractivity contribution in [2.75, 3.05) is 19.7 Å². The van der Waals surface area contributed by atoms with Crippen molar-refractivity contribution in [2.45, 2.75) is 69.6 Å². The van der Waals surface area contributed by atoms with Gasteiger partial charge in [-0.25, -0.2) is 0 Å². The Bertz CT molecular complexity index is 265. The van der Waals surface area contributed by atoms with Gasteiger partial charge in [-0.3, -0.25) is 4.90 Å². The Morgan fingerprint density at radius 1 is 1.06 bits per heavy atom. The lowest BCUT2D eigenvalue weighted by Gasteiger charge is -2.46. The van der Waals surface area contributed by atoms with E-state index in [0.29, 0.717) is 18.2 Å². The smallest absolute Gasteiger partial charge is 0.0731 e. The zero-order valence-electron chi connectivity index (χ0n) is 11.5. The van der Waals surface area contributed by atoms with Crippen LogP contribution < -0.4 is 5.73 Å². The lowest BCUT2D eigenvalue weighted by Crippen LogP contribution is -2.57. The molecule has 3 rings (SSSR count). The van der Waals surface area contributed by atoms with Gasteiger partial charge in [0.15, 0.2) is 0 Å². The molecule has 0 radical (unpaired) electrons. The largest absolute Gasteiger partial charge is 0.375 e. The summed E-state index contributed by atoms with van der Waals surface area (Å²) in [6.07, 6.45) is 11.5. The lowest BCUT2D eigenvalue weighted by atomic mass is 9.82. The molecule has 1 heterocycles. The first-order valence-corrected chi connectivity index (χ1v) is 7.97. The van der Waals surface area contributed by atoms with Crippen LogP contribution in [-0.4, -0.2) is 42.8 Å². The Morgan fingerprint density at radius 3 is 2.67 bits per heavy atom. The molecule has 3 atom stereocenters. The Kier molecular flexibility index (Phi) is 4.22. The Labute approximate surface area is 111 Å². The molecule has 2 saturated carbocycles. The van der Waals surface area contributed by atoms with Gasteiger partial charge in [0.2, 0.25) is 0 Å². The quantitative estimate of drug-likeness (QED) is 0.836. The molecule has 104 valence electrons. The van der Waals surface area contributed by atoms with Gasteiger partial charge in [-0.05, 0) is 38.0 Å². The van der Waals surface area contributed by atoms with E-state index in [2.05, 4.69) is 4.90 Å². The van der Waals surface area contributed by atoms with Crippen LogP contribution in [-0.2, 0) is 4.74 Å². The van der Waals surface area contributed by atoms with Gasteiger partial charge in [-0.2, -0.15) is 0 Å². The van der Waals surface area contributed by atoms with Crippen molar-refractivity contribution in [1.82, 2.24) is 4.90 Å². The average molecular weight is 252 g/mol. The Morgan fingerprint density at radius 2 is 1.89 bits per heavy atom. The van der Waals surface area contributed by atoms with Crippen LogP contribution in [0, 0.1) is 5.92 Å². The standard InChI is InChI=1S/C15H28N2O/c16-11-14(12-5-2-1-3-6-12)17-9-10-18-15-8-4-7-13(15)17/h12-15H,1-11,16H2. The monoisotopic (exact) mass is 252 g/mol. The second-order valence-corrected chi connectivity index (χ2v) is 6.35. The van der Waals surface area contributed by atoms with Gasteiger partial charge >= 0.3 is 0 Å². The zero-order chi connectivity index (χ0) is 12.4. The van der Waals surface area contributed by atoms with Crippen molar-refractivity contribution >= 4 is 0 Å². The minimum Gasteiger partial charge on any atom is -0.375 e. The molecule has 3 fully saturated rings. The van der Waals surface area contributed by atoms with Crippen molar-refractivity contribution < 1.29 is 4.74 Å². The summed E-state index contributed by atoms with van der Waals surface area (Å²) in [4.78, 5) is 2.73. The molecule has 0 aromatic heterocycles. The summed E-state index contributed by atoms with van der Waals surface area (Å²) in [5.74, 6) is 0.850. The second-order valence-electron chi connectivity index (χ2n) is 6.35. The number of nitrogens with zero attached hydrogens (tertiary/aromatic N) is 1. The molecule has 0 aromatic rings. The highest BCUT2D eigenvalue weighted by molar-refractivity contribution is 4.94. The number of hydrogen-bond donors (Lipinski definition) is 1. The molecule has 3 aliphatic rings. The van der Waals surface area contributed by atoms with E-state index in [1.807, 2.05) is 0 Å². The van der Waals surface area contributed by atoms with Crippen molar-refractivity contribution in [3.05, 3.63) is 0 Å². The maximum Gasteiger partial charge on any atom is 0.0731 e. The highest BCUT2D eigenvalue weighted by Crippen LogP contribution is 2.35. The van der Waals surface area contributed by atoms with Gasteiger partial charge in [0, 0.05) is 25.2 Å². The van der Waals surface area contributed by atoms with Gasteiger partial charge in [0.1, 0.15) is 0 Å².